The lowest BCUT2D eigenvalue weighted by Gasteiger charge is -2.29. The van der Waals surface area contributed by atoms with Crippen molar-refractivity contribution in [3.8, 4) is 12.1 Å². The maximum Gasteiger partial charge on any atom is 0.209 e. The molecule has 0 amide bonds. The Balaban J connectivity index is 1.37. The number of hydrogen-bond donors (Lipinski definition) is 0. The normalized spacial score (nSPS) is 18.9. The molecule has 0 spiro atoms. The largest absolute Gasteiger partial charge is 0.347 e. The van der Waals surface area contributed by atoms with E-state index in [0.29, 0.717) is 11.1 Å². The molecule has 2 heterocycles. The number of benzene rings is 4. The second-order valence-corrected chi connectivity index (χ2v) is 14.4. The smallest absolute Gasteiger partial charge is 0.209 e. The zero-order valence-corrected chi connectivity index (χ0v) is 29.7. The van der Waals surface area contributed by atoms with Gasteiger partial charge in [0.15, 0.2) is 5.71 Å². The van der Waals surface area contributed by atoms with Crippen LogP contribution in [0.3, 0.4) is 0 Å². The molecule has 246 valence electrons. The minimum absolute atomic E-state index is 0.256. The highest BCUT2D eigenvalue weighted by Crippen LogP contribution is 2.48. The fraction of sp³-hybridized carbons (Fsp3) is 0.222. The molecule has 2 aliphatic heterocycles. The number of fused-ring (bicyclic) bond motifs is 2. The van der Waals surface area contributed by atoms with Crippen molar-refractivity contribution in [2.24, 2.45) is 0 Å². The SMILES string of the molecule is CN1/C(=C/C=C2\CCC(/C=C/C3=[N+](C)c4ccc(C#N)cc4C3(C)C)=C2N(c2ccccc2)c2ccccc2)C(C)(C)c2cc(C#N)ccc21. The molecule has 0 aromatic heterocycles. The number of likely N-dealkylation sites (N-methyl/N-ethyl adjacent to an activating group) is 1. The maximum atomic E-state index is 9.62. The molecular weight excluding hydrogens is 611 g/mol. The summed E-state index contributed by atoms with van der Waals surface area (Å²) in [5.74, 6) is 0. The van der Waals surface area contributed by atoms with Crippen LogP contribution in [-0.2, 0) is 10.8 Å². The number of para-hydroxylation sites is 2. The molecule has 1 aliphatic carbocycles. The van der Waals surface area contributed by atoms with Crippen LogP contribution >= 0.6 is 0 Å². The van der Waals surface area contributed by atoms with Gasteiger partial charge >= 0.3 is 0 Å². The van der Waals surface area contributed by atoms with E-state index in [4.69, 9.17) is 0 Å². The average Bonchev–Trinajstić information content (AvgIpc) is 3.67. The Bertz CT molecular complexity index is 2210. The van der Waals surface area contributed by atoms with Gasteiger partial charge in [-0.1, -0.05) is 62.4 Å². The predicted molar refractivity (Wildman–Crippen MR) is 204 cm³/mol. The molecule has 0 radical (unpaired) electrons. The van der Waals surface area contributed by atoms with E-state index >= 15 is 0 Å². The van der Waals surface area contributed by atoms with Gasteiger partial charge in [-0.15, -0.1) is 0 Å². The summed E-state index contributed by atoms with van der Waals surface area (Å²) in [5, 5.41) is 19.2. The van der Waals surface area contributed by atoms with Crippen LogP contribution in [0.1, 0.15) is 62.8 Å². The molecule has 0 saturated carbocycles. The van der Waals surface area contributed by atoms with Crippen molar-refractivity contribution >= 4 is 28.5 Å². The molecule has 7 rings (SSSR count). The number of allylic oxidation sites excluding steroid dienone is 7. The van der Waals surface area contributed by atoms with Gasteiger partial charge in [0.2, 0.25) is 5.69 Å². The molecule has 0 N–H and O–H groups in total. The fourth-order valence-corrected chi connectivity index (χ4v) is 8.06. The van der Waals surface area contributed by atoms with E-state index in [2.05, 4.69) is 165 Å². The first-order valence-corrected chi connectivity index (χ1v) is 17.2. The Morgan fingerprint density at radius 1 is 0.720 bits per heavy atom. The third-order valence-electron chi connectivity index (χ3n) is 10.7. The molecule has 4 aromatic carbocycles. The number of hydrogen-bond acceptors (Lipinski definition) is 4. The first-order valence-electron chi connectivity index (χ1n) is 17.2. The number of rotatable bonds is 6. The van der Waals surface area contributed by atoms with Crippen molar-refractivity contribution in [2.45, 2.75) is 51.4 Å². The highest BCUT2D eigenvalue weighted by molar-refractivity contribution is 6.03. The van der Waals surface area contributed by atoms with E-state index in [1.807, 2.05) is 24.3 Å². The van der Waals surface area contributed by atoms with Gasteiger partial charge in [0.1, 0.15) is 7.05 Å². The third-order valence-corrected chi connectivity index (χ3v) is 10.7. The van der Waals surface area contributed by atoms with Crippen molar-refractivity contribution < 1.29 is 4.58 Å². The zero-order valence-electron chi connectivity index (χ0n) is 29.7. The highest BCUT2D eigenvalue weighted by Gasteiger charge is 2.43. The summed E-state index contributed by atoms with van der Waals surface area (Å²) in [4.78, 5) is 4.67. The first-order chi connectivity index (χ1) is 24.1. The second-order valence-electron chi connectivity index (χ2n) is 14.4. The predicted octanol–water partition coefficient (Wildman–Crippen LogP) is 10.1. The lowest BCUT2D eigenvalue weighted by Crippen LogP contribution is -2.26. The molecule has 5 nitrogen and oxygen atoms in total. The first kappa shape index (κ1) is 32.6. The van der Waals surface area contributed by atoms with Crippen LogP contribution in [0.25, 0.3) is 0 Å². The van der Waals surface area contributed by atoms with Crippen LogP contribution in [0.2, 0.25) is 0 Å². The quantitative estimate of drug-likeness (QED) is 0.195. The van der Waals surface area contributed by atoms with Gasteiger partial charge < -0.3 is 9.80 Å². The third kappa shape index (κ3) is 5.37. The monoisotopic (exact) mass is 652 g/mol. The molecule has 0 atom stereocenters. The Morgan fingerprint density at radius 2 is 1.32 bits per heavy atom. The Labute approximate surface area is 296 Å². The van der Waals surface area contributed by atoms with Crippen LogP contribution in [-0.4, -0.2) is 24.4 Å². The Kier molecular flexibility index (Phi) is 8.17. The molecule has 0 saturated heterocycles. The molecule has 3 aliphatic rings. The molecule has 4 aromatic rings. The summed E-state index contributed by atoms with van der Waals surface area (Å²) in [6, 6.07) is 37.9. The average molecular weight is 653 g/mol. The van der Waals surface area contributed by atoms with Gasteiger partial charge in [-0.3, -0.25) is 0 Å². The van der Waals surface area contributed by atoms with Gasteiger partial charge in [0.05, 0.1) is 34.4 Å². The van der Waals surface area contributed by atoms with E-state index in [9.17, 15) is 10.5 Å². The number of nitrogens with zero attached hydrogens (tertiary/aromatic N) is 5. The van der Waals surface area contributed by atoms with E-state index in [1.54, 1.807) is 0 Å². The Morgan fingerprint density at radius 3 is 1.94 bits per heavy atom. The minimum Gasteiger partial charge on any atom is -0.347 e. The van der Waals surface area contributed by atoms with Crippen molar-refractivity contribution in [1.82, 2.24) is 0 Å². The number of anilines is 3. The maximum absolute atomic E-state index is 9.62. The zero-order chi connectivity index (χ0) is 35.2. The minimum atomic E-state index is -0.256. The molecule has 50 heavy (non-hydrogen) atoms. The van der Waals surface area contributed by atoms with Gasteiger partial charge in [-0.2, -0.15) is 15.1 Å². The topological polar surface area (TPSA) is 57.1 Å². The summed E-state index contributed by atoms with van der Waals surface area (Å²) >= 11 is 0. The second kappa shape index (κ2) is 12.5. The fourth-order valence-electron chi connectivity index (χ4n) is 8.06. The highest BCUT2D eigenvalue weighted by atomic mass is 15.2. The van der Waals surface area contributed by atoms with Gasteiger partial charge in [-0.05, 0) is 104 Å². The van der Waals surface area contributed by atoms with Crippen molar-refractivity contribution in [3.63, 3.8) is 0 Å². The van der Waals surface area contributed by atoms with E-state index in [1.165, 1.54) is 39.4 Å². The van der Waals surface area contributed by atoms with Crippen LogP contribution in [0.15, 0.2) is 144 Å². The van der Waals surface area contributed by atoms with Gasteiger partial charge in [-0.25, -0.2) is 0 Å². The number of nitriles is 2. The van der Waals surface area contributed by atoms with E-state index in [-0.39, 0.29) is 10.8 Å². The van der Waals surface area contributed by atoms with Gasteiger partial charge in [0.25, 0.3) is 0 Å². The van der Waals surface area contributed by atoms with Crippen molar-refractivity contribution in [3.05, 3.63) is 166 Å². The summed E-state index contributed by atoms with van der Waals surface area (Å²) in [6.07, 6.45) is 11.0. The van der Waals surface area contributed by atoms with Crippen molar-refractivity contribution in [1.29, 1.82) is 10.5 Å². The molecular formula is C45H42N5+. The van der Waals surface area contributed by atoms with Crippen LogP contribution < -0.4 is 9.80 Å². The molecule has 0 fully saturated rings. The van der Waals surface area contributed by atoms with Crippen LogP contribution in [0.5, 0.6) is 0 Å². The summed E-state index contributed by atoms with van der Waals surface area (Å²) in [7, 11) is 4.25. The lowest BCUT2D eigenvalue weighted by atomic mass is 9.80. The lowest BCUT2D eigenvalue weighted by molar-refractivity contribution is -0.401. The van der Waals surface area contributed by atoms with Crippen LogP contribution in [0.4, 0.5) is 22.7 Å². The summed E-state index contributed by atoms with van der Waals surface area (Å²) in [6.45, 7) is 8.98. The van der Waals surface area contributed by atoms with E-state index in [0.717, 1.165) is 35.6 Å². The van der Waals surface area contributed by atoms with Crippen molar-refractivity contribution in [2.75, 3.05) is 23.9 Å². The Hall–Kier alpha value is -5.91. The summed E-state index contributed by atoms with van der Waals surface area (Å²) < 4.78 is 2.27. The molecule has 5 heteroatoms. The molecule has 0 unspecified atom stereocenters. The van der Waals surface area contributed by atoms with Gasteiger partial charge in [0, 0.05) is 52.9 Å². The summed E-state index contributed by atoms with van der Waals surface area (Å²) in [5.41, 5.74) is 13.8. The molecule has 0 bridgehead atoms. The van der Waals surface area contributed by atoms with Crippen LogP contribution in [0, 0.1) is 22.7 Å². The van der Waals surface area contributed by atoms with E-state index < -0.39 is 0 Å². The standard InChI is InChI=1S/C45H42N5/c1-44(2)37-27-31(29-46)17-23-39(37)48(5)41(44)25-21-33-19-20-34(43(33)50(35-13-9-7-10-14-35)36-15-11-8-12-16-36)22-26-42-45(3,4)38-28-32(30-47)18-24-40(38)49(42)6/h7-18,21-28H,19-20H2,1-6H3/q+1.